The second kappa shape index (κ2) is 4.54. The van der Waals surface area contributed by atoms with Gasteiger partial charge in [0.25, 0.3) is 5.56 Å². The monoisotopic (exact) mass is 295 g/mol. The molecular formula is C13H17N3OS2. The number of H-pyrrole nitrogens is 1. The molecule has 1 fully saturated rings. The molecule has 0 aliphatic heterocycles. The van der Waals surface area contributed by atoms with Crippen molar-refractivity contribution < 1.29 is 0 Å². The first-order valence-corrected chi connectivity index (χ1v) is 7.70. The molecule has 0 spiro atoms. The second-order valence-electron chi connectivity index (χ2n) is 5.46. The standard InChI is InChI=1S/C13H17N3OS2/c1-15(2)13(5-3-6-13)8-16-11(17)10-9(4-7-19-10)14-12(16)18/h4,7H,3,5-6,8H2,1-2H3,(H,14,18). The second-order valence-corrected chi connectivity index (χ2v) is 6.76. The number of aromatic amines is 1. The average molecular weight is 295 g/mol. The summed E-state index contributed by atoms with van der Waals surface area (Å²) in [5.74, 6) is 0. The minimum Gasteiger partial charge on any atom is -0.331 e. The Morgan fingerprint density at radius 1 is 1.53 bits per heavy atom. The van der Waals surface area contributed by atoms with E-state index < -0.39 is 0 Å². The highest BCUT2D eigenvalue weighted by Crippen LogP contribution is 2.37. The first-order valence-electron chi connectivity index (χ1n) is 6.41. The first kappa shape index (κ1) is 13.0. The lowest BCUT2D eigenvalue weighted by Crippen LogP contribution is -2.54. The van der Waals surface area contributed by atoms with Crippen LogP contribution in [0, 0.1) is 4.77 Å². The van der Waals surface area contributed by atoms with Crippen LogP contribution in [0.3, 0.4) is 0 Å². The van der Waals surface area contributed by atoms with Gasteiger partial charge in [-0.15, -0.1) is 11.3 Å². The van der Waals surface area contributed by atoms with Gasteiger partial charge in [0.2, 0.25) is 0 Å². The molecule has 0 radical (unpaired) electrons. The summed E-state index contributed by atoms with van der Waals surface area (Å²) in [6.45, 7) is 0.683. The van der Waals surface area contributed by atoms with Crippen molar-refractivity contribution in [2.24, 2.45) is 0 Å². The molecule has 2 aromatic heterocycles. The summed E-state index contributed by atoms with van der Waals surface area (Å²) < 4.78 is 3.03. The summed E-state index contributed by atoms with van der Waals surface area (Å²) in [7, 11) is 4.17. The third kappa shape index (κ3) is 1.98. The van der Waals surface area contributed by atoms with Crippen molar-refractivity contribution in [3.05, 3.63) is 26.6 Å². The number of nitrogens with zero attached hydrogens (tertiary/aromatic N) is 2. The number of rotatable bonds is 3. The predicted octanol–water partition coefficient (Wildman–Crippen LogP) is 2.60. The Morgan fingerprint density at radius 2 is 2.26 bits per heavy atom. The molecule has 19 heavy (non-hydrogen) atoms. The van der Waals surface area contributed by atoms with Crippen molar-refractivity contribution in [2.75, 3.05) is 14.1 Å². The van der Waals surface area contributed by atoms with Gasteiger partial charge < -0.3 is 9.88 Å². The van der Waals surface area contributed by atoms with E-state index in [-0.39, 0.29) is 11.1 Å². The zero-order valence-electron chi connectivity index (χ0n) is 11.1. The van der Waals surface area contributed by atoms with Crippen LogP contribution in [-0.2, 0) is 6.54 Å². The van der Waals surface area contributed by atoms with E-state index in [0.717, 1.165) is 23.1 Å². The molecule has 0 atom stereocenters. The molecule has 4 nitrogen and oxygen atoms in total. The van der Waals surface area contributed by atoms with Crippen LogP contribution in [0.25, 0.3) is 10.2 Å². The molecule has 0 amide bonds. The molecule has 1 aliphatic carbocycles. The average Bonchev–Trinajstić information content (AvgIpc) is 2.74. The number of hydrogen-bond acceptors (Lipinski definition) is 4. The highest BCUT2D eigenvalue weighted by atomic mass is 32.1. The van der Waals surface area contributed by atoms with Crippen molar-refractivity contribution in [1.82, 2.24) is 14.5 Å². The normalized spacial score (nSPS) is 17.8. The third-order valence-electron chi connectivity index (χ3n) is 4.28. The largest absolute Gasteiger partial charge is 0.331 e. The summed E-state index contributed by atoms with van der Waals surface area (Å²) in [6, 6.07) is 1.91. The highest BCUT2D eigenvalue weighted by molar-refractivity contribution is 7.71. The van der Waals surface area contributed by atoms with Crippen molar-refractivity contribution in [2.45, 2.75) is 31.3 Å². The van der Waals surface area contributed by atoms with Gasteiger partial charge in [0.05, 0.1) is 5.52 Å². The fourth-order valence-electron chi connectivity index (χ4n) is 2.74. The Labute approximate surface area is 120 Å². The Bertz CT molecular complexity index is 721. The van der Waals surface area contributed by atoms with Gasteiger partial charge in [-0.25, -0.2) is 0 Å². The molecule has 0 aromatic carbocycles. The van der Waals surface area contributed by atoms with E-state index >= 15 is 0 Å². The molecule has 102 valence electrons. The third-order valence-corrected chi connectivity index (χ3v) is 5.50. The molecule has 2 heterocycles. The van der Waals surface area contributed by atoms with Crippen molar-refractivity contribution in [3.63, 3.8) is 0 Å². The van der Waals surface area contributed by atoms with E-state index in [1.54, 1.807) is 4.57 Å². The number of aromatic nitrogens is 2. The van der Waals surface area contributed by atoms with Crippen LogP contribution < -0.4 is 5.56 Å². The Hall–Kier alpha value is -0.980. The van der Waals surface area contributed by atoms with Gasteiger partial charge in [-0.3, -0.25) is 9.36 Å². The number of nitrogens with one attached hydrogen (secondary N) is 1. The van der Waals surface area contributed by atoms with Crippen LogP contribution in [-0.4, -0.2) is 34.1 Å². The van der Waals surface area contributed by atoms with E-state index in [9.17, 15) is 4.79 Å². The van der Waals surface area contributed by atoms with Crippen molar-refractivity contribution >= 4 is 33.8 Å². The summed E-state index contributed by atoms with van der Waals surface area (Å²) in [6.07, 6.45) is 3.48. The Balaban J connectivity index is 2.10. The van der Waals surface area contributed by atoms with E-state index in [2.05, 4.69) is 24.0 Å². The van der Waals surface area contributed by atoms with Crippen molar-refractivity contribution in [3.8, 4) is 0 Å². The smallest absolute Gasteiger partial charge is 0.272 e. The van der Waals surface area contributed by atoms with E-state index in [4.69, 9.17) is 12.2 Å². The lowest BCUT2D eigenvalue weighted by Gasteiger charge is -2.47. The van der Waals surface area contributed by atoms with E-state index in [0.29, 0.717) is 11.3 Å². The van der Waals surface area contributed by atoms with Gasteiger partial charge >= 0.3 is 0 Å². The fraction of sp³-hybridized carbons (Fsp3) is 0.538. The first-order chi connectivity index (χ1) is 9.03. The highest BCUT2D eigenvalue weighted by Gasteiger charge is 2.39. The molecule has 0 unspecified atom stereocenters. The molecule has 0 saturated heterocycles. The Kier molecular flexibility index (Phi) is 3.11. The predicted molar refractivity (Wildman–Crippen MR) is 81.5 cm³/mol. The molecule has 2 aromatic rings. The molecule has 0 bridgehead atoms. The number of thiophene rings is 1. The molecule has 1 N–H and O–H groups in total. The van der Waals surface area contributed by atoms with Crippen LogP contribution in [0.15, 0.2) is 16.2 Å². The van der Waals surface area contributed by atoms with E-state index in [1.165, 1.54) is 17.8 Å². The summed E-state index contributed by atoms with van der Waals surface area (Å²) in [5.41, 5.74) is 0.988. The SMILES string of the molecule is CN(C)C1(Cn2c(=S)[nH]c3ccsc3c2=O)CCC1. The summed E-state index contributed by atoms with van der Waals surface area (Å²) >= 11 is 6.83. The molecule has 1 saturated carbocycles. The van der Waals surface area contributed by atoms with Crippen molar-refractivity contribution in [1.29, 1.82) is 0 Å². The van der Waals surface area contributed by atoms with Gasteiger partial charge in [0.1, 0.15) is 4.70 Å². The van der Waals surface area contributed by atoms with Crippen LogP contribution in [0.4, 0.5) is 0 Å². The van der Waals surface area contributed by atoms with Gasteiger partial charge in [-0.05, 0) is 57.0 Å². The lowest BCUT2D eigenvalue weighted by molar-refractivity contribution is 0.0409. The zero-order valence-corrected chi connectivity index (χ0v) is 12.7. The molecule has 1 aliphatic rings. The van der Waals surface area contributed by atoms with Gasteiger partial charge in [-0.1, -0.05) is 0 Å². The quantitative estimate of drug-likeness (QED) is 0.885. The van der Waals surface area contributed by atoms with Crippen LogP contribution >= 0.6 is 23.6 Å². The number of hydrogen-bond donors (Lipinski definition) is 1. The Morgan fingerprint density at radius 3 is 2.84 bits per heavy atom. The van der Waals surface area contributed by atoms with Gasteiger partial charge in [0.15, 0.2) is 4.77 Å². The number of likely N-dealkylation sites (N-methyl/N-ethyl adjacent to an activating group) is 1. The maximum absolute atomic E-state index is 12.5. The van der Waals surface area contributed by atoms with E-state index in [1.807, 2.05) is 11.4 Å². The topological polar surface area (TPSA) is 41.0 Å². The minimum atomic E-state index is 0.0434. The number of fused-ring (bicyclic) bond motifs is 1. The molecular weight excluding hydrogens is 278 g/mol. The summed E-state index contributed by atoms with van der Waals surface area (Å²) in [5, 5.41) is 1.92. The maximum Gasteiger partial charge on any atom is 0.272 e. The fourth-order valence-corrected chi connectivity index (χ4v) is 3.80. The zero-order chi connectivity index (χ0) is 13.6. The van der Waals surface area contributed by atoms with Gasteiger partial charge in [0, 0.05) is 12.1 Å². The maximum atomic E-state index is 12.5. The van der Waals surface area contributed by atoms with Gasteiger partial charge in [-0.2, -0.15) is 0 Å². The van der Waals surface area contributed by atoms with Crippen LogP contribution in [0.1, 0.15) is 19.3 Å². The van der Waals surface area contributed by atoms with Crippen LogP contribution in [0.5, 0.6) is 0 Å². The lowest BCUT2D eigenvalue weighted by atomic mass is 9.75. The minimum absolute atomic E-state index is 0.0434. The van der Waals surface area contributed by atoms with Crippen LogP contribution in [0.2, 0.25) is 0 Å². The molecule has 6 heteroatoms. The molecule has 3 rings (SSSR count). The summed E-state index contributed by atoms with van der Waals surface area (Å²) in [4.78, 5) is 17.9.